The summed E-state index contributed by atoms with van der Waals surface area (Å²) in [5.41, 5.74) is 2.17. The van der Waals surface area contributed by atoms with Crippen molar-refractivity contribution in [1.82, 2.24) is 4.98 Å². The number of nitro benzene ring substituents is 1. The maximum atomic E-state index is 12.6. The monoisotopic (exact) mass is 376 g/mol. The molecule has 7 heteroatoms. The molecule has 0 unspecified atom stereocenters. The number of piperidine rings is 1. The average Bonchev–Trinajstić information content (AvgIpc) is 2.73. The molecule has 1 aliphatic rings. The molecule has 3 aromatic rings. The number of nitro groups is 1. The molecule has 0 aliphatic carbocycles. The highest BCUT2D eigenvalue weighted by atomic mass is 16.6. The largest absolute Gasteiger partial charge is 0.366 e. The van der Waals surface area contributed by atoms with E-state index >= 15 is 0 Å². The lowest BCUT2D eigenvalue weighted by Crippen LogP contribution is -2.30. The summed E-state index contributed by atoms with van der Waals surface area (Å²) in [6.07, 6.45) is 4.77. The SMILES string of the molecule is O=C(Nc1cnc2ccccc2c1)c1ccc(N2CCCCC2)c([N+](=O)[O-])c1. The molecule has 0 spiro atoms. The maximum absolute atomic E-state index is 12.6. The first-order valence-electron chi connectivity index (χ1n) is 9.31. The van der Waals surface area contributed by atoms with Crippen LogP contribution in [-0.2, 0) is 0 Å². The molecule has 28 heavy (non-hydrogen) atoms. The Balaban J connectivity index is 1.59. The number of hydrogen-bond donors (Lipinski definition) is 1. The maximum Gasteiger partial charge on any atom is 0.293 e. The van der Waals surface area contributed by atoms with Gasteiger partial charge >= 0.3 is 0 Å². The van der Waals surface area contributed by atoms with Crippen LogP contribution in [-0.4, -0.2) is 28.9 Å². The van der Waals surface area contributed by atoms with Gasteiger partial charge < -0.3 is 10.2 Å². The molecule has 1 N–H and O–H groups in total. The van der Waals surface area contributed by atoms with Crippen molar-refractivity contribution in [3.8, 4) is 0 Å². The molecule has 0 radical (unpaired) electrons. The number of aromatic nitrogens is 1. The van der Waals surface area contributed by atoms with Crippen LogP contribution in [0.3, 0.4) is 0 Å². The van der Waals surface area contributed by atoms with Crippen LogP contribution < -0.4 is 10.2 Å². The van der Waals surface area contributed by atoms with E-state index in [9.17, 15) is 14.9 Å². The van der Waals surface area contributed by atoms with Crippen LogP contribution in [0, 0.1) is 10.1 Å². The average molecular weight is 376 g/mol. The lowest BCUT2D eigenvalue weighted by molar-refractivity contribution is -0.384. The van der Waals surface area contributed by atoms with E-state index in [1.165, 1.54) is 6.07 Å². The first kappa shape index (κ1) is 17.9. The number of nitrogens with one attached hydrogen (secondary N) is 1. The summed E-state index contributed by atoms with van der Waals surface area (Å²) in [6.45, 7) is 1.60. The molecule has 7 nitrogen and oxygen atoms in total. The molecule has 1 fully saturated rings. The lowest BCUT2D eigenvalue weighted by atomic mass is 10.1. The van der Waals surface area contributed by atoms with Gasteiger partial charge in [0.2, 0.25) is 0 Å². The zero-order valence-electron chi connectivity index (χ0n) is 15.3. The number of anilines is 2. The lowest BCUT2D eigenvalue weighted by Gasteiger charge is -2.28. The Hall–Kier alpha value is -3.48. The first-order chi connectivity index (χ1) is 13.6. The van der Waals surface area contributed by atoms with Crippen molar-refractivity contribution >= 4 is 33.9 Å². The van der Waals surface area contributed by atoms with Crippen LogP contribution >= 0.6 is 0 Å². The summed E-state index contributed by atoms with van der Waals surface area (Å²) in [5.74, 6) is -0.398. The fourth-order valence-electron chi connectivity index (χ4n) is 3.56. The van der Waals surface area contributed by atoms with Gasteiger partial charge in [0.1, 0.15) is 5.69 Å². The van der Waals surface area contributed by atoms with Gasteiger partial charge in [0, 0.05) is 30.1 Å². The van der Waals surface area contributed by atoms with Gasteiger partial charge in [-0.25, -0.2) is 0 Å². The van der Waals surface area contributed by atoms with Gasteiger partial charge in [-0.2, -0.15) is 0 Å². The molecule has 1 saturated heterocycles. The molecule has 0 saturated carbocycles. The van der Waals surface area contributed by atoms with Crippen LogP contribution in [0.2, 0.25) is 0 Å². The number of benzene rings is 2. The number of carbonyl (C=O) groups excluding carboxylic acids is 1. The van der Waals surface area contributed by atoms with Crippen molar-refractivity contribution in [2.45, 2.75) is 19.3 Å². The molecule has 2 heterocycles. The molecule has 0 atom stereocenters. The van der Waals surface area contributed by atoms with Crippen molar-refractivity contribution < 1.29 is 9.72 Å². The minimum Gasteiger partial charge on any atom is -0.366 e. The van der Waals surface area contributed by atoms with Crippen LogP contribution in [0.4, 0.5) is 17.1 Å². The van der Waals surface area contributed by atoms with Crippen molar-refractivity contribution in [3.05, 3.63) is 70.4 Å². The topological polar surface area (TPSA) is 88.4 Å². The number of fused-ring (bicyclic) bond motifs is 1. The van der Waals surface area contributed by atoms with E-state index in [1.54, 1.807) is 18.3 Å². The van der Waals surface area contributed by atoms with Gasteiger partial charge in [-0.1, -0.05) is 18.2 Å². The van der Waals surface area contributed by atoms with E-state index in [1.807, 2.05) is 35.2 Å². The number of pyridine rings is 1. The number of hydrogen-bond acceptors (Lipinski definition) is 5. The highest BCUT2D eigenvalue weighted by molar-refractivity contribution is 6.05. The Morgan fingerprint density at radius 1 is 1.07 bits per heavy atom. The van der Waals surface area contributed by atoms with E-state index in [0.717, 1.165) is 43.3 Å². The standard InChI is InChI=1S/C21H20N4O3/c26-21(23-17-12-15-6-2-3-7-18(15)22-14-17)16-8-9-19(20(13-16)25(27)28)24-10-4-1-5-11-24/h2-3,6-9,12-14H,1,4-5,10-11H2,(H,23,26). The van der Waals surface area contributed by atoms with E-state index in [-0.39, 0.29) is 11.3 Å². The van der Waals surface area contributed by atoms with Crippen molar-refractivity contribution in [3.63, 3.8) is 0 Å². The van der Waals surface area contributed by atoms with Crippen molar-refractivity contribution in [1.29, 1.82) is 0 Å². The van der Waals surface area contributed by atoms with Gasteiger partial charge in [-0.05, 0) is 43.5 Å². The van der Waals surface area contributed by atoms with Gasteiger partial charge in [0.25, 0.3) is 11.6 Å². The second-order valence-corrected chi connectivity index (χ2v) is 6.88. The number of carbonyl (C=O) groups is 1. The number of amides is 1. The quantitative estimate of drug-likeness (QED) is 0.539. The van der Waals surface area contributed by atoms with Crippen molar-refractivity contribution in [2.24, 2.45) is 0 Å². The third-order valence-corrected chi connectivity index (χ3v) is 4.98. The summed E-state index contributed by atoms with van der Waals surface area (Å²) >= 11 is 0. The molecule has 1 aliphatic heterocycles. The highest BCUT2D eigenvalue weighted by Crippen LogP contribution is 2.31. The van der Waals surface area contributed by atoms with E-state index in [2.05, 4.69) is 10.3 Å². The van der Waals surface area contributed by atoms with Crippen LogP contribution in [0.5, 0.6) is 0 Å². The molecule has 4 rings (SSSR count). The third kappa shape index (κ3) is 3.64. The Bertz CT molecular complexity index is 1040. The first-order valence-corrected chi connectivity index (χ1v) is 9.31. The Kier molecular flexibility index (Phi) is 4.89. The number of rotatable bonds is 4. The second-order valence-electron chi connectivity index (χ2n) is 6.88. The summed E-state index contributed by atoms with van der Waals surface area (Å²) in [5, 5.41) is 15.3. The number of nitrogens with zero attached hydrogens (tertiary/aromatic N) is 3. The molecular weight excluding hydrogens is 356 g/mol. The molecule has 0 bridgehead atoms. The van der Waals surface area contributed by atoms with Crippen LogP contribution in [0.1, 0.15) is 29.6 Å². The minimum atomic E-state index is -0.418. The Morgan fingerprint density at radius 2 is 1.86 bits per heavy atom. The van der Waals surface area contributed by atoms with Gasteiger partial charge in [-0.3, -0.25) is 19.9 Å². The van der Waals surface area contributed by atoms with E-state index in [4.69, 9.17) is 0 Å². The minimum absolute atomic E-state index is 0.0359. The predicted molar refractivity (Wildman–Crippen MR) is 109 cm³/mol. The smallest absolute Gasteiger partial charge is 0.293 e. The van der Waals surface area contributed by atoms with Crippen LogP contribution in [0.15, 0.2) is 54.7 Å². The van der Waals surface area contributed by atoms with E-state index in [0.29, 0.717) is 11.4 Å². The summed E-state index contributed by atoms with van der Waals surface area (Å²) in [7, 11) is 0. The van der Waals surface area contributed by atoms with Gasteiger partial charge in [0.05, 0.1) is 22.3 Å². The zero-order chi connectivity index (χ0) is 19.5. The normalized spacial score (nSPS) is 14.1. The fraction of sp³-hybridized carbons (Fsp3) is 0.238. The molecule has 2 aromatic carbocycles. The summed E-state index contributed by atoms with van der Waals surface area (Å²) in [4.78, 5) is 30.1. The van der Waals surface area contributed by atoms with Gasteiger partial charge in [0.15, 0.2) is 0 Å². The summed E-state index contributed by atoms with van der Waals surface area (Å²) in [6, 6.07) is 14.1. The van der Waals surface area contributed by atoms with Crippen molar-refractivity contribution in [2.75, 3.05) is 23.3 Å². The van der Waals surface area contributed by atoms with Gasteiger partial charge in [-0.15, -0.1) is 0 Å². The highest BCUT2D eigenvalue weighted by Gasteiger charge is 2.23. The number of para-hydroxylation sites is 1. The molecule has 142 valence electrons. The zero-order valence-corrected chi connectivity index (χ0v) is 15.3. The predicted octanol–water partition coefficient (Wildman–Crippen LogP) is 4.39. The molecular formula is C21H20N4O3. The Labute approximate surface area is 162 Å². The van der Waals surface area contributed by atoms with Crippen LogP contribution in [0.25, 0.3) is 10.9 Å². The van der Waals surface area contributed by atoms with E-state index < -0.39 is 10.8 Å². The second kappa shape index (κ2) is 7.64. The fourth-order valence-corrected chi connectivity index (χ4v) is 3.56. The third-order valence-electron chi connectivity index (χ3n) is 4.98. The molecule has 1 aromatic heterocycles. The summed E-state index contributed by atoms with van der Waals surface area (Å²) < 4.78 is 0. The Morgan fingerprint density at radius 3 is 2.64 bits per heavy atom. The molecule has 1 amide bonds.